The summed E-state index contributed by atoms with van der Waals surface area (Å²) in [7, 11) is 1.31. The van der Waals surface area contributed by atoms with E-state index in [0.29, 0.717) is 6.54 Å². The first-order valence-electron chi connectivity index (χ1n) is 6.03. The monoisotopic (exact) mass is 300 g/mol. The van der Waals surface area contributed by atoms with E-state index >= 15 is 0 Å². The van der Waals surface area contributed by atoms with Crippen LogP contribution in [0.5, 0.6) is 0 Å². The highest BCUT2D eigenvalue weighted by Crippen LogP contribution is 2.33. The Hall–Kier alpha value is -1.96. The molecule has 1 aromatic heterocycles. The molecule has 1 aliphatic rings. The average Bonchev–Trinajstić information content (AvgIpc) is 2.86. The van der Waals surface area contributed by atoms with Gasteiger partial charge in [0.25, 0.3) is 0 Å². The third-order valence-corrected chi connectivity index (χ3v) is 3.38. The van der Waals surface area contributed by atoms with Gasteiger partial charge in [-0.25, -0.2) is 4.98 Å². The van der Waals surface area contributed by atoms with Crippen LogP contribution >= 0.6 is 11.6 Å². The first kappa shape index (κ1) is 14.4. The summed E-state index contributed by atoms with van der Waals surface area (Å²) < 4.78 is 4.64. The van der Waals surface area contributed by atoms with Gasteiger partial charge >= 0.3 is 11.7 Å². The Morgan fingerprint density at radius 1 is 1.70 bits per heavy atom. The Kier molecular flexibility index (Phi) is 4.33. The molecule has 108 valence electrons. The Bertz CT molecular complexity index is 539. The minimum atomic E-state index is -0.556. The van der Waals surface area contributed by atoms with E-state index in [1.165, 1.54) is 7.11 Å². The lowest BCUT2D eigenvalue weighted by molar-refractivity contribution is -0.384. The number of carbonyl (C=O) groups is 1. The molecular formula is C11H13ClN4O4. The van der Waals surface area contributed by atoms with Gasteiger partial charge in [0.1, 0.15) is 6.20 Å². The Morgan fingerprint density at radius 3 is 3.10 bits per heavy atom. The number of methoxy groups -OCH3 is 1. The standard InChI is InChI=1S/C11H13ClN4O4/c1-20-9(17)5-7-3-2-4-15(7)10-8(16(18)19)6-13-11(12)14-10/h6-7H,2-5H2,1H3. The quantitative estimate of drug-likeness (QED) is 0.360. The second-order valence-corrected chi connectivity index (χ2v) is 4.71. The molecule has 1 saturated heterocycles. The zero-order valence-corrected chi connectivity index (χ0v) is 11.5. The van der Waals surface area contributed by atoms with Crippen molar-refractivity contribution >= 4 is 29.1 Å². The highest BCUT2D eigenvalue weighted by atomic mass is 35.5. The summed E-state index contributed by atoms with van der Waals surface area (Å²) in [6.07, 6.45) is 2.81. The maximum atomic E-state index is 11.4. The van der Waals surface area contributed by atoms with Crippen molar-refractivity contribution in [2.75, 3.05) is 18.6 Å². The van der Waals surface area contributed by atoms with Crippen LogP contribution in [-0.2, 0) is 9.53 Å². The summed E-state index contributed by atoms with van der Waals surface area (Å²) in [5.74, 6) is -0.203. The highest BCUT2D eigenvalue weighted by Gasteiger charge is 2.33. The number of aromatic nitrogens is 2. The molecular weight excluding hydrogens is 288 g/mol. The SMILES string of the molecule is COC(=O)CC1CCCN1c1nc(Cl)ncc1[N+](=O)[O-]. The first-order chi connectivity index (χ1) is 9.52. The molecule has 20 heavy (non-hydrogen) atoms. The molecule has 0 radical (unpaired) electrons. The molecule has 0 amide bonds. The number of nitrogens with zero attached hydrogens (tertiary/aromatic N) is 4. The van der Waals surface area contributed by atoms with Crippen molar-refractivity contribution in [3.8, 4) is 0 Å². The van der Waals surface area contributed by atoms with E-state index in [1.54, 1.807) is 4.90 Å². The summed E-state index contributed by atoms with van der Waals surface area (Å²) in [6.45, 7) is 0.579. The van der Waals surface area contributed by atoms with Crippen LogP contribution in [0, 0.1) is 10.1 Å². The molecule has 1 fully saturated rings. The van der Waals surface area contributed by atoms with Gasteiger partial charge in [-0.05, 0) is 24.4 Å². The van der Waals surface area contributed by atoms with Crippen molar-refractivity contribution in [3.05, 3.63) is 21.6 Å². The summed E-state index contributed by atoms with van der Waals surface area (Å²) in [5, 5.41) is 11.0. The van der Waals surface area contributed by atoms with E-state index in [1.807, 2.05) is 0 Å². The van der Waals surface area contributed by atoms with Crippen molar-refractivity contribution < 1.29 is 14.5 Å². The van der Waals surface area contributed by atoms with Crippen LogP contribution in [0.3, 0.4) is 0 Å². The maximum Gasteiger partial charge on any atom is 0.329 e. The van der Waals surface area contributed by atoms with Crippen molar-refractivity contribution in [3.63, 3.8) is 0 Å². The zero-order valence-electron chi connectivity index (χ0n) is 10.8. The smallest absolute Gasteiger partial charge is 0.329 e. The third-order valence-electron chi connectivity index (χ3n) is 3.20. The number of rotatable bonds is 4. The largest absolute Gasteiger partial charge is 0.469 e. The minimum absolute atomic E-state index is 0.0608. The van der Waals surface area contributed by atoms with Crippen LogP contribution in [0.2, 0.25) is 5.28 Å². The molecule has 1 aromatic rings. The maximum absolute atomic E-state index is 11.4. The summed E-state index contributed by atoms with van der Waals surface area (Å²) >= 11 is 5.72. The van der Waals surface area contributed by atoms with Gasteiger partial charge in [0, 0.05) is 12.6 Å². The van der Waals surface area contributed by atoms with Crippen LogP contribution in [0.1, 0.15) is 19.3 Å². The van der Waals surface area contributed by atoms with Gasteiger partial charge in [-0.15, -0.1) is 0 Å². The molecule has 2 rings (SSSR count). The summed E-state index contributed by atoms with van der Waals surface area (Å²) in [4.78, 5) is 31.2. The van der Waals surface area contributed by atoms with Crippen molar-refractivity contribution in [2.45, 2.75) is 25.3 Å². The minimum Gasteiger partial charge on any atom is -0.469 e. The molecule has 1 atom stereocenters. The number of hydrogen-bond acceptors (Lipinski definition) is 7. The molecule has 0 bridgehead atoms. The van der Waals surface area contributed by atoms with E-state index in [4.69, 9.17) is 11.6 Å². The zero-order chi connectivity index (χ0) is 14.7. The van der Waals surface area contributed by atoms with E-state index in [0.717, 1.165) is 19.0 Å². The van der Waals surface area contributed by atoms with E-state index in [-0.39, 0.29) is 35.2 Å². The first-order valence-corrected chi connectivity index (χ1v) is 6.41. The number of carbonyl (C=O) groups excluding carboxylic acids is 1. The second kappa shape index (κ2) is 6.00. The fourth-order valence-electron chi connectivity index (χ4n) is 2.29. The molecule has 0 aliphatic carbocycles. The number of hydrogen-bond donors (Lipinski definition) is 0. The lowest BCUT2D eigenvalue weighted by Crippen LogP contribution is -2.32. The Morgan fingerprint density at radius 2 is 2.45 bits per heavy atom. The Balaban J connectivity index is 2.31. The van der Waals surface area contributed by atoms with Crippen LogP contribution in [0.4, 0.5) is 11.5 Å². The summed E-state index contributed by atoms with van der Waals surface area (Å²) in [6, 6.07) is -0.174. The summed E-state index contributed by atoms with van der Waals surface area (Å²) in [5.41, 5.74) is -0.217. The topological polar surface area (TPSA) is 98.5 Å². The number of anilines is 1. The van der Waals surface area contributed by atoms with Gasteiger partial charge in [-0.2, -0.15) is 4.98 Å². The van der Waals surface area contributed by atoms with E-state index < -0.39 is 4.92 Å². The molecule has 1 aliphatic heterocycles. The van der Waals surface area contributed by atoms with E-state index in [2.05, 4.69) is 14.7 Å². The van der Waals surface area contributed by atoms with E-state index in [9.17, 15) is 14.9 Å². The molecule has 1 unspecified atom stereocenters. The number of halogens is 1. The molecule has 0 N–H and O–H groups in total. The van der Waals surface area contributed by atoms with Crippen LogP contribution in [0.25, 0.3) is 0 Å². The van der Waals surface area contributed by atoms with Gasteiger partial charge < -0.3 is 9.64 Å². The number of esters is 1. The fourth-order valence-corrected chi connectivity index (χ4v) is 2.42. The second-order valence-electron chi connectivity index (χ2n) is 4.37. The van der Waals surface area contributed by atoms with Crippen LogP contribution in [0.15, 0.2) is 6.20 Å². The predicted molar refractivity (Wildman–Crippen MR) is 70.7 cm³/mol. The molecule has 2 heterocycles. The van der Waals surface area contributed by atoms with Gasteiger partial charge in [0.05, 0.1) is 18.5 Å². The number of nitro groups is 1. The molecule has 8 nitrogen and oxygen atoms in total. The van der Waals surface area contributed by atoms with Gasteiger partial charge in [-0.1, -0.05) is 0 Å². The van der Waals surface area contributed by atoms with Gasteiger partial charge in [0.15, 0.2) is 0 Å². The van der Waals surface area contributed by atoms with Crippen molar-refractivity contribution in [1.82, 2.24) is 9.97 Å². The van der Waals surface area contributed by atoms with Crippen molar-refractivity contribution in [2.24, 2.45) is 0 Å². The fraction of sp³-hybridized carbons (Fsp3) is 0.545. The lowest BCUT2D eigenvalue weighted by atomic mass is 10.1. The van der Waals surface area contributed by atoms with Crippen LogP contribution in [-0.4, -0.2) is 40.6 Å². The lowest BCUT2D eigenvalue weighted by Gasteiger charge is -2.24. The molecule has 0 aromatic carbocycles. The number of ether oxygens (including phenoxy) is 1. The molecule has 0 saturated carbocycles. The Labute approximate surface area is 119 Å². The predicted octanol–water partition coefficient (Wildman–Crippen LogP) is 1.57. The normalized spacial score (nSPS) is 18.1. The third kappa shape index (κ3) is 2.96. The molecule has 9 heteroatoms. The van der Waals surface area contributed by atoms with Gasteiger partial charge in [0.2, 0.25) is 11.1 Å². The van der Waals surface area contributed by atoms with Crippen molar-refractivity contribution in [1.29, 1.82) is 0 Å². The highest BCUT2D eigenvalue weighted by molar-refractivity contribution is 6.28. The average molecular weight is 301 g/mol. The molecule has 0 spiro atoms. The van der Waals surface area contributed by atoms with Gasteiger partial charge in [-0.3, -0.25) is 14.9 Å². The van der Waals surface area contributed by atoms with Crippen LogP contribution < -0.4 is 4.90 Å².